The molecule has 2 aliphatic carbocycles. The molecule has 120 valence electrons. The summed E-state index contributed by atoms with van der Waals surface area (Å²) in [6.07, 6.45) is 9.33. The Morgan fingerprint density at radius 2 is 2.00 bits per heavy atom. The van der Waals surface area contributed by atoms with Crippen molar-refractivity contribution in [2.75, 3.05) is 12.4 Å². The van der Waals surface area contributed by atoms with Gasteiger partial charge in [0.25, 0.3) is 0 Å². The van der Waals surface area contributed by atoms with E-state index in [0.29, 0.717) is 16.7 Å². The lowest BCUT2D eigenvalue weighted by Gasteiger charge is -2.24. The molecule has 1 saturated carbocycles. The maximum atomic E-state index is 12.1. The van der Waals surface area contributed by atoms with Gasteiger partial charge in [-0.25, -0.2) is 4.79 Å². The molecule has 1 aromatic heterocycles. The van der Waals surface area contributed by atoms with Crippen LogP contribution in [-0.2, 0) is 17.6 Å². The smallest absolute Gasteiger partial charge is 0.341 e. The molecule has 3 rings (SSSR count). The van der Waals surface area contributed by atoms with Crippen molar-refractivity contribution >= 4 is 39.6 Å². The van der Waals surface area contributed by atoms with E-state index in [2.05, 4.69) is 10.6 Å². The minimum Gasteiger partial charge on any atom is -0.465 e. The zero-order valence-corrected chi connectivity index (χ0v) is 14.5. The van der Waals surface area contributed by atoms with Crippen molar-refractivity contribution < 1.29 is 9.53 Å². The number of thiocarbonyl (C=S) groups is 1. The monoisotopic (exact) mass is 338 g/mol. The van der Waals surface area contributed by atoms with Crippen molar-refractivity contribution in [3.63, 3.8) is 0 Å². The van der Waals surface area contributed by atoms with Crippen molar-refractivity contribution in [3.05, 3.63) is 16.0 Å². The number of rotatable bonds is 3. The van der Waals surface area contributed by atoms with E-state index in [9.17, 15) is 4.79 Å². The number of aryl methyl sites for hydroxylation is 1. The third-order valence-electron chi connectivity index (χ3n) is 4.48. The molecule has 2 N–H and O–H groups in total. The predicted octanol–water partition coefficient (Wildman–Crippen LogP) is 3.64. The fraction of sp³-hybridized carbons (Fsp3) is 0.625. The van der Waals surface area contributed by atoms with E-state index in [0.717, 1.165) is 29.8 Å². The van der Waals surface area contributed by atoms with Gasteiger partial charge in [-0.15, -0.1) is 11.3 Å². The summed E-state index contributed by atoms with van der Waals surface area (Å²) < 4.78 is 4.96. The van der Waals surface area contributed by atoms with Crippen LogP contribution >= 0.6 is 23.6 Å². The molecule has 6 heteroatoms. The lowest BCUT2D eigenvalue weighted by atomic mass is 9.96. The Balaban J connectivity index is 1.71. The molecule has 2 aliphatic rings. The first kappa shape index (κ1) is 15.7. The average Bonchev–Trinajstić information content (AvgIpc) is 3.08. The number of methoxy groups -OCH3 is 1. The predicted molar refractivity (Wildman–Crippen MR) is 93.9 cm³/mol. The maximum Gasteiger partial charge on any atom is 0.341 e. The summed E-state index contributed by atoms with van der Waals surface area (Å²) in [5.41, 5.74) is 1.84. The van der Waals surface area contributed by atoms with Crippen LogP contribution in [-0.4, -0.2) is 24.2 Å². The highest BCUT2D eigenvalue weighted by atomic mass is 32.1. The topological polar surface area (TPSA) is 50.4 Å². The Bertz CT molecular complexity index is 577. The van der Waals surface area contributed by atoms with Gasteiger partial charge in [-0.2, -0.15) is 0 Å². The third-order valence-corrected chi connectivity index (χ3v) is 5.91. The molecule has 1 aromatic rings. The van der Waals surface area contributed by atoms with Crippen molar-refractivity contribution in [1.29, 1.82) is 0 Å². The van der Waals surface area contributed by atoms with Crippen molar-refractivity contribution in [2.24, 2.45) is 0 Å². The number of hydrogen-bond donors (Lipinski definition) is 2. The van der Waals surface area contributed by atoms with Crippen molar-refractivity contribution in [2.45, 2.75) is 57.4 Å². The lowest BCUT2D eigenvalue weighted by molar-refractivity contribution is 0.0601. The molecular weight excluding hydrogens is 316 g/mol. The molecule has 0 atom stereocenters. The fourth-order valence-corrected chi connectivity index (χ4v) is 5.00. The van der Waals surface area contributed by atoms with Gasteiger partial charge in [0.1, 0.15) is 5.00 Å². The number of carbonyl (C=O) groups is 1. The number of esters is 1. The number of nitrogens with one attached hydrogen (secondary N) is 2. The fourth-order valence-electron chi connectivity index (χ4n) is 3.38. The van der Waals surface area contributed by atoms with E-state index in [1.165, 1.54) is 44.1 Å². The Morgan fingerprint density at radius 1 is 1.23 bits per heavy atom. The summed E-state index contributed by atoms with van der Waals surface area (Å²) in [6, 6.07) is 0.460. The van der Waals surface area contributed by atoms with E-state index in [1.807, 2.05) is 0 Å². The molecule has 1 fully saturated rings. The van der Waals surface area contributed by atoms with Crippen LogP contribution in [0.5, 0.6) is 0 Å². The zero-order chi connectivity index (χ0) is 15.5. The highest BCUT2D eigenvalue weighted by Crippen LogP contribution is 2.39. The van der Waals surface area contributed by atoms with Crippen LogP contribution in [0, 0.1) is 0 Å². The van der Waals surface area contributed by atoms with E-state index < -0.39 is 0 Å². The molecular formula is C16H22N2O2S2. The van der Waals surface area contributed by atoms with Gasteiger partial charge in [0, 0.05) is 10.9 Å². The molecule has 0 spiro atoms. The van der Waals surface area contributed by atoms with E-state index in [4.69, 9.17) is 17.0 Å². The van der Waals surface area contributed by atoms with Crippen LogP contribution in [0.3, 0.4) is 0 Å². The van der Waals surface area contributed by atoms with Gasteiger partial charge in [-0.1, -0.05) is 19.3 Å². The van der Waals surface area contributed by atoms with Gasteiger partial charge in [-0.3, -0.25) is 0 Å². The maximum absolute atomic E-state index is 12.1. The molecule has 4 nitrogen and oxygen atoms in total. The summed E-state index contributed by atoms with van der Waals surface area (Å²) in [4.78, 5) is 13.4. The molecule has 0 aliphatic heterocycles. The number of hydrogen-bond acceptors (Lipinski definition) is 4. The third kappa shape index (κ3) is 3.27. The Morgan fingerprint density at radius 3 is 2.73 bits per heavy atom. The Kier molecular flexibility index (Phi) is 4.98. The largest absolute Gasteiger partial charge is 0.465 e. The molecule has 22 heavy (non-hydrogen) atoms. The first-order valence-electron chi connectivity index (χ1n) is 7.99. The molecule has 0 amide bonds. The summed E-state index contributed by atoms with van der Waals surface area (Å²) in [7, 11) is 1.43. The Hall–Kier alpha value is -1.14. The van der Waals surface area contributed by atoms with Crippen LogP contribution in [0.4, 0.5) is 5.00 Å². The van der Waals surface area contributed by atoms with E-state index in [-0.39, 0.29) is 5.97 Å². The highest BCUT2D eigenvalue weighted by Gasteiger charge is 2.27. The van der Waals surface area contributed by atoms with Gasteiger partial charge in [0.05, 0.1) is 12.7 Å². The first-order valence-corrected chi connectivity index (χ1v) is 9.22. The number of anilines is 1. The van der Waals surface area contributed by atoms with Gasteiger partial charge < -0.3 is 15.4 Å². The van der Waals surface area contributed by atoms with Crippen LogP contribution in [0.2, 0.25) is 0 Å². The lowest BCUT2D eigenvalue weighted by Crippen LogP contribution is -2.38. The van der Waals surface area contributed by atoms with Crippen molar-refractivity contribution in [1.82, 2.24) is 5.32 Å². The standard InChI is InChI=1S/C16H22N2O2S2/c1-20-15(19)13-11-8-5-9-12(11)22-14(13)18-16(21)17-10-6-3-2-4-7-10/h10H,2-9H2,1H3,(H2,17,18,21). The zero-order valence-electron chi connectivity index (χ0n) is 12.9. The second-order valence-electron chi connectivity index (χ2n) is 5.99. The normalized spacial score (nSPS) is 17.9. The van der Waals surface area contributed by atoms with Gasteiger partial charge in [-0.05, 0) is 49.9 Å². The molecule has 0 aromatic carbocycles. The summed E-state index contributed by atoms with van der Waals surface area (Å²) in [5, 5.41) is 8.09. The second-order valence-corrected chi connectivity index (χ2v) is 7.50. The number of ether oxygens (including phenoxy) is 1. The van der Waals surface area contributed by atoms with Gasteiger partial charge in [0.2, 0.25) is 0 Å². The quantitative estimate of drug-likeness (QED) is 0.651. The molecule has 0 radical (unpaired) electrons. The number of fused-ring (bicyclic) bond motifs is 1. The summed E-state index contributed by atoms with van der Waals surface area (Å²) in [6.45, 7) is 0. The average molecular weight is 338 g/mol. The van der Waals surface area contributed by atoms with E-state index >= 15 is 0 Å². The van der Waals surface area contributed by atoms with Gasteiger partial charge >= 0.3 is 5.97 Å². The van der Waals surface area contributed by atoms with Crippen LogP contribution in [0.15, 0.2) is 0 Å². The minimum absolute atomic E-state index is 0.262. The van der Waals surface area contributed by atoms with Crippen LogP contribution in [0.25, 0.3) is 0 Å². The van der Waals surface area contributed by atoms with E-state index in [1.54, 1.807) is 11.3 Å². The Labute approximate surface area is 140 Å². The van der Waals surface area contributed by atoms with Crippen LogP contribution in [0.1, 0.15) is 59.3 Å². The first-order chi connectivity index (χ1) is 10.7. The molecule has 0 unspecified atom stereocenters. The highest BCUT2D eigenvalue weighted by molar-refractivity contribution is 7.80. The van der Waals surface area contributed by atoms with Crippen LogP contribution < -0.4 is 10.6 Å². The number of carbonyl (C=O) groups excluding carboxylic acids is 1. The second kappa shape index (κ2) is 6.96. The minimum atomic E-state index is -0.262. The molecule has 1 heterocycles. The summed E-state index contributed by atoms with van der Waals surface area (Å²) >= 11 is 7.08. The summed E-state index contributed by atoms with van der Waals surface area (Å²) in [5.74, 6) is -0.262. The van der Waals surface area contributed by atoms with Gasteiger partial charge in [0.15, 0.2) is 5.11 Å². The molecule has 0 bridgehead atoms. The SMILES string of the molecule is COC(=O)c1c(NC(=S)NC2CCCCC2)sc2c1CCC2. The van der Waals surface area contributed by atoms with Crippen molar-refractivity contribution in [3.8, 4) is 0 Å². The molecule has 0 saturated heterocycles. The number of thiophene rings is 1.